The van der Waals surface area contributed by atoms with Gasteiger partial charge in [0.1, 0.15) is 11.7 Å². The van der Waals surface area contributed by atoms with E-state index < -0.39 is 32.0 Å². The number of methoxy groups -OCH3 is 1. The average Bonchev–Trinajstić information content (AvgIpc) is 3.16. The Labute approximate surface area is 167 Å². The van der Waals surface area contributed by atoms with E-state index in [0.29, 0.717) is 5.56 Å². The zero-order chi connectivity index (χ0) is 20.9. The van der Waals surface area contributed by atoms with Gasteiger partial charge >= 0.3 is 5.97 Å². The van der Waals surface area contributed by atoms with Crippen LogP contribution in [0, 0.1) is 11.7 Å². The van der Waals surface area contributed by atoms with Gasteiger partial charge in [-0.25, -0.2) is 4.39 Å². The standard InChI is InChI=1S/C21H30FNO4Si/c1-21(2,3)28(5,6)27-17-8-7-12-9-14(16(22)10-13(12)17)15-11-23-19(24)18(15)20(25)26-4/h9-10,15,17-18H,7-8,11H2,1-6H3,(H,23,24). The highest BCUT2D eigenvalue weighted by molar-refractivity contribution is 6.74. The maximum absolute atomic E-state index is 15.1. The van der Waals surface area contributed by atoms with E-state index in [0.717, 1.165) is 24.0 Å². The van der Waals surface area contributed by atoms with Crippen molar-refractivity contribution in [3.63, 3.8) is 0 Å². The fraction of sp³-hybridized carbons (Fsp3) is 0.619. The van der Waals surface area contributed by atoms with Crippen LogP contribution in [0.25, 0.3) is 0 Å². The molecule has 1 amide bonds. The van der Waals surface area contributed by atoms with Gasteiger partial charge in [0, 0.05) is 12.5 Å². The Hall–Kier alpha value is -1.73. The Balaban J connectivity index is 1.90. The minimum absolute atomic E-state index is 0.0812. The van der Waals surface area contributed by atoms with E-state index >= 15 is 4.39 Å². The summed E-state index contributed by atoms with van der Waals surface area (Å²) in [5.41, 5.74) is 2.35. The molecule has 154 valence electrons. The quantitative estimate of drug-likeness (QED) is 0.468. The number of rotatable bonds is 4. The maximum Gasteiger partial charge on any atom is 0.318 e. The van der Waals surface area contributed by atoms with Crippen molar-refractivity contribution >= 4 is 20.2 Å². The molecule has 0 bridgehead atoms. The Morgan fingerprint density at radius 1 is 1.25 bits per heavy atom. The predicted octanol–water partition coefficient (Wildman–Crippen LogP) is 3.84. The summed E-state index contributed by atoms with van der Waals surface area (Å²) in [5.74, 6) is -2.97. The number of esters is 1. The lowest BCUT2D eigenvalue weighted by molar-refractivity contribution is -0.149. The van der Waals surface area contributed by atoms with Crippen molar-refractivity contribution < 1.29 is 23.1 Å². The van der Waals surface area contributed by atoms with Crippen LogP contribution in [0.5, 0.6) is 0 Å². The second kappa shape index (κ2) is 7.26. The highest BCUT2D eigenvalue weighted by Crippen LogP contribution is 2.45. The van der Waals surface area contributed by atoms with Gasteiger partial charge in [0.2, 0.25) is 5.91 Å². The second-order valence-corrected chi connectivity index (χ2v) is 14.1. The summed E-state index contributed by atoms with van der Waals surface area (Å²) in [4.78, 5) is 24.1. The smallest absolute Gasteiger partial charge is 0.318 e. The minimum Gasteiger partial charge on any atom is -0.468 e. The van der Waals surface area contributed by atoms with Crippen molar-refractivity contribution in [1.29, 1.82) is 0 Å². The molecule has 2 aliphatic rings. The summed E-state index contributed by atoms with van der Waals surface area (Å²) < 4.78 is 26.4. The van der Waals surface area contributed by atoms with Crippen molar-refractivity contribution in [3.05, 3.63) is 34.6 Å². The third-order valence-corrected chi connectivity index (χ3v) is 11.0. The fourth-order valence-corrected chi connectivity index (χ4v) is 5.17. The lowest BCUT2D eigenvalue weighted by Crippen LogP contribution is -2.41. The molecule has 3 unspecified atom stereocenters. The number of aryl methyl sites for hydroxylation is 1. The highest BCUT2D eigenvalue weighted by Gasteiger charge is 2.44. The van der Waals surface area contributed by atoms with E-state index in [4.69, 9.17) is 9.16 Å². The first-order valence-electron chi connectivity index (χ1n) is 9.82. The molecular formula is C21H30FNO4Si. The van der Waals surface area contributed by atoms with E-state index in [1.165, 1.54) is 7.11 Å². The van der Waals surface area contributed by atoms with E-state index in [2.05, 4.69) is 39.2 Å². The van der Waals surface area contributed by atoms with Crippen LogP contribution in [0.1, 0.15) is 55.9 Å². The molecule has 5 nitrogen and oxygen atoms in total. The van der Waals surface area contributed by atoms with Gasteiger partial charge in [0.05, 0.1) is 13.2 Å². The fourth-order valence-electron chi connectivity index (χ4n) is 3.86. The highest BCUT2D eigenvalue weighted by atomic mass is 28.4. The molecule has 1 saturated heterocycles. The molecule has 3 atom stereocenters. The number of halogens is 1. The molecule has 1 aromatic rings. The first kappa shape index (κ1) is 21.0. The van der Waals surface area contributed by atoms with Crippen LogP contribution in [-0.2, 0) is 25.2 Å². The molecule has 3 rings (SSSR count). The number of amides is 1. The van der Waals surface area contributed by atoms with Crippen molar-refractivity contribution in [1.82, 2.24) is 5.32 Å². The van der Waals surface area contributed by atoms with Gasteiger partial charge in [-0.2, -0.15) is 0 Å². The number of hydrogen-bond donors (Lipinski definition) is 1. The van der Waals surface area contributed by atoms with Crippen LogP contribution in [0.4, 0.5) is 4.39 Å². The number of hydrogen-bond acceptors (Lipinski definition) is 4. The lowest BCUT2D eigenvalue weighted by Gasteiger charge is -2.38. The molecule has 1 aliphatic carbocycles. The van der Waals surface area contributed by atoms with Crippen LogP contribution >= 0.6 is 0 Å². The first-order chi connectivity index (χ1) is 13.0. The third-order valence-electron chi connectivity index (χ3n) is 6.56. The van der Waals surface area contributed by atoms with E-state index in [1.54, 1.807) is 6.07 Å². The largest absolute Gasteiger partial charge is 0.468 e. The monoisotopic (exact) mass is 407 g/mol. The molecular weight excluding hydrogens is 377 g/mol. The van der Waals surface area contributed by atoms with Gasteiger partial charge in [0.25, 0.3) is 0 Å². The Kier molecular flexibility index (Phi) is 5.44. The summed E-state index contributed by atoms with van der Waals surface area (Å²) in [6.45, 7) is 11.2. The van der Waals surface area contributed by atoms with Crippen LogP contribution in [-0.4, -0.2) is 33.8 Å². The van der Waals surface area contributed by atoms with Crippen molar-refractivity contribution in [2.45, 2.75) is 63.8 Å². The van der Waals surface area contributed by atoms with Gasteiger partial charge < -0.3 is 14.5 Å². The zero-order valence-corrected chi connectivity index (χ0v) is 18.5. The van der Waals surface area contributed by atoms with Gasteiger partial charge in [-0.1, -0.05) is 26.8 Å². The zero-order valence-electron chi connectivity index (χ0n) is 17.5. The normalized spacial score (nSPS) is 24.8. The molecule has 0 aromatic heterocycles. The van der Waals surface area contributed by atoms with Gasteiger partial charge in [-0.05, 0) is 53.7 Å². The Bertz CT molecular complexity index is 802. The summed E-state index contributed by atoms with van der Waals surface area (Å²) in [6.07, 6.45) is 1.53. The average molecular weight is 408 g/mol. The number of fused-ring (bicyclic) bond motifs is 1. The first-order valence-corrected chi connectivity index (χ1v) is 12.7. The van der Waals surface area contributed by atoms with Crippen LogP contribution in [0.3, 0.4) is 0 Å². The van der Waals surface area contributed by atoms with Gasteiger partial charge in [-0.15, -0.1) is 0 Å². The van der Waals surface area contributed by atoms with Crippen LogP contribution in [0.15, 0.2) is 12.1 Å². The van der Waals surface area contributed by atoms with E-state index in [9.17, 15) is 9.59 Å². The maximum atomic E-state index is 15.1. The summed E-state index contributed by atoms with van der Waals surface area (Å²) in [5, 5.41) is 2.74. The molecule has 28 heavy (non-hydrogen) atoms. The predicted molar refractivity (Wildman–Crippen MR) is 107 cm³/mol. The number of carbonyl (C=O) groups excluding carboxylic acids is 2. The van der Waals surface area contributed by atoms with Crippen LogP contribution < -0.4 is 5.32 Å². The van der Waals surface area contributed by atoms with Gasteiger partial charge in [-0.3, -0.25) is 9.59 Å². The molecule has 0 radical (unpaired) electrons. The summed E-state index contributed by atoms with van der Waals surface area (Å²) in [7, 11) is -0.730. The number of nitrogens with one attached hydrogen (secondary N) is 1. The van der Waals surface area contributed by atoms with Crippen molar-refractivity contribution in [2.24, 2.45) is 5.92 Å². The van der Waals surface area contributed by atoms with E-state index in [1.807, 2.05) is 6.07 Å². The number of benzene rings is 1. The van der Waals surface area contributed by atoms with Crippen LogP contribution in [0.2, 0.25) is 18.1 Å². The van der Waals surface area contributed by atoms with Crippen molar-refractivity contribution in [3.8, 4) is 0 Å². The molecule has 1 heterocycles. The topological polar surface area (TPSA) is 64.6 Å². The van der Waals surface area contributed by atoms with Gasteiger partial charge in [0.15, 0.2) is 8.32 Å². The SMILES string of the molecule is COC(=O)C1C(=O)NCC1c1cc2c(cc1F)C(O[Si](C)(C)C(C)(C)C)CC2. The molecule has 1 aromatic carbocycles. The minimum atomic E-state index is -1.97. The molecule has 1 fully saturated rings. The number of carbonyl (C=O) groups is 2. The summed E-state index contributed by atoms with van der Waals surface area (Å²) in [6, 6.07) is 3.37. The number of ether oxygens (including phenoxy) is 1. The van der Waals surface area contributed by atoms with Crippen molar-refractivity contribution in [2.75, 3.05) is 13.7 Å². The molecule has 1 aliphatic heterocycles. The molecule has 7 heteroatoms. The second-order valence-electron chi connectivity index (χ2n) is 9.33. The lowest BCUT2D eigenvalue weighted by atomic mass is 9.86. The summed E-state index contributed by atoms with van der Waals surface area (Å²) >= 11 is 0. The molecule has 1 N–H and O–H groups in total. The Morgan fingerprint density at radius 2 is 1.93 bits per heavy atom. The third kappa shape index (κ3) is 3.62. The van der Waals surface area contributed by atoms with E-state index in [-0.39, 0.29) is 23.5 Å². The molecule has 0 spiro atoms. The molecule has 0 saturated carbocycles. The Morgan fingerprint density at radius 3 is 2.54 bits per heavy atom.